The molecule has 120 valence electrons. The first-order valence-corrected chi connectivity index (χ1v) is 11.6. The van der Waals surface area contributed by atoms with Crippen molar-refractivity contribution in [2.75, 3.05) is 23.8 Å². The Morgan fingerprint density at radius 3 is 2.62 bits per heavy atom. The first-order chi connectivity index (χ1) is 9.82. The van der Waals surface area contributed by atoms with Crippen molar-refractivity contribution in [1.29, 1.82) is 0 Å². The molecule has 1 fully saturated rings. The van der Waals surface area contributed by atoms with E-state index in [1.165, 1.54) is 24.8 Å². The molecule has 10 heteroatoms. The van der Waals surface area contributed by atoms with Gasteiger partial charge in [0.15, 0.2) is 9.84 Å². The van der Waals surface area contributed by atoms with Gasteiger partial charge in [-0.1, -0.05) is 6.92 Å². The normalized spacial score (nSPS) is 21.5. The fraction of sp³-hybridized carbons (Fsp3) is 0.636. The van der Waals surface area contributed by atoms with Gasteiger partial charge in [0.1, 0.15) is 9.58 Å². The number of sulfonamides is 1. The van der Waals surface area contributed by atoms with Crippen LogP contribution in [0.5, 0.6) is 0 Å². The number of hydrogen-bond donors (Lipinski definition) is 1. The number of thiophene rings is 1. The van der Waals surface area contributed by atoms with Gasteiger partial charge in [0.05, 0.1) is 0 Å². The van der Waals surface area contributed by atoms with Gasteiger partial charge in [0.25, 0.3) is 10.0 Å². The number of nitrogens with two attached hydrogens (primary N) is 1. The lowest BCUT2D eigenvalue weighted by Crippen LogP contribution is -2.50. The molecule has 2 rings (SSSR count). The molecular formula is C11H18N2O4S4. The van der Waals surface area contributed by atoms with Gasteiger partial charge in [-0.2, -0.15) is 16.1 Å². The van der Waals surface area contributed by atoms with Crippen LogP contribution in [0.15, 0.2) is 16.3 Å². The van der Waals surface area contributed by atoms with Crippen LogP contribution < -0.4 is 5.73 Å². The van der Waals surface area contributed by atoms with Crippen molar-refractivity contribution in [3.05, 3.63) is 17.0 Å². The van der Waals surface area contributed by atoms with Crippen molar-refractivity contribution in [3.8, 4) is 0 Å². The van der Waals surface area contributed by atoms with Crippen LogP contribution in [0.4, 0.5) is 0 Å². The average molecular weight is 371 g/mol. The van der Waals surface area contributed by atoms with E-state index in [1.54, 1.807) is 6.07 Å². The van der Waals surface area contributed by atoms with Gasteiger partial charge >= 0.3 is 0 Å². The van der Waals surface area contributed by atoms with Crippen molar-refractivity contribution in [3.63, 3.8) is 0 Å². The summed E-state index contributed by atoms with van der Waals surface area (Å²) in [6.45, 7) is 2.02. The van der Waals surface area contributed by atoms with E-state index in [0.717, 1.165) is 20.5 Å². The molecule has 1 unspecified atom stereocenters. The fourth-order valence-electron chi connectivity index (χ4n) is 2.04. The van der Waals surface area contributed by atoms with Crippen LogP contribution >= 0.6 is 23.1 Å². The third kappa shape index (κ3) is 3.45. The molecule has 6 nitrogen and oxygen atoms in total. The summed E-state index contributed by atoms with van der Waals surface area (Å²) >= 11 is 2.57. The number of nitrogens with zero attached hydrogens (tertiary/aromatic N) is 1. The van der Waals surface area contributed by atoms with E-state index in [4.69, 9.17) is 5.73 Å². The van der Waals surface area contributed by atoms with E-state index in [2.05, 4.69) is 0 Å². The minimum atomic E-state index is -3.79. The highest BCUT2D eigenvalue weighted by atomic mass is 32.2. The molecule has 0 spiro atoms. The number of rotatable bonds is 5. The first-order valence-electron chi connectivity index (χ1n) is 6.43. The van der Waals surface area contributed by atoms with Gasteiger partial charge in [-0.3, -0.25) is 0 Å². The molecular weight excluding hydrogens is 352 g/mol. The average Bonchev–Trinajstić information content (AvgIpc) is 2.97. The SMILES string of the molecule is CCS(=O)(=O)C1CSCCN1S(=O)(=O)c1ccc(CN)s1. The summed E-state index contributed by atoms with van der Waals surface area (Å²) in [5, 5.41) is -0.977. The van der Waals surface area contributed by atoms with Gasteiger partial charge < -0.3 is 5.73 Å². The Kier molecular flexibility index (Phi) is 5.37. The molecule has 0 aliphatic carbocycles. The quantitative estimate of drug-likeness (QED) is 0.819. The molecule has 1 aliphatic rings. The maximum absolute atomic E-state index is 12.7. The molecule has 21 heavy (non-hydrogen) atoms. The van der Waals surface area contributed by atoms with Gasteiger partial charge in [-0.25, -0.2) is 16.8 Å². The van der Waals surface area contributed by atoms with Crippen LogP contribution in [-0.2, 0) is 26.4 Å². The summed E-state index contributed by atoms with van der Waals surface area (Å²) in [4.78, 5) is 0.759. The molecule has 1 atom stereocenters. The van der Waals surface area contributed by atoms with E-state index in [9.17, 15) is 16.8 Å². The summed E-state index contributed by atoms with van der Waals surface area (Å²) < 4.78 is 51.1. The van der Waals surface area contributed by atoms with E-state index in [1.807, 2.05) is 0 Å². The molecule has 0 bridgehead atoms. The Morgan fingerprint density at radius 2 is 2.05 bits per heavy atom. The lowest BCUT2D eigenvalue weighted by Gasteiger charge is -2.33. The third-order valence-corrected chi connectivity index (χ3v) is 10.2. The molecule has 0 saturated carbocycles. The highest BCUT2D eigenvalue weighted by molar-refractivity contribution is 8.01. The second-order valence-electron chi connectivity index (χ2n) is 4.52. The van der Waals surface area contributed by atoms with E-state index < -0.39 is 25.2 Å². The van der Waals surface area contributed by atoms with Crippen LogP contribution in [0.2, 0.25) is 0 Å². The fourth-order valence-corrected chi connectivity index (χ4v) is 8.65. The van der Waals surface area contributed by atoms with E-state index in [0.29, 0.717) is 5.75 Å². The monoisotopic (exact) mass is 370 g/mol. The standard InChI is InChI=1S/C11H18N2O4S4/c1-2-20(14,15)10-8-18-6-5-13(10)21(16,17)11-4-3-9(7-12)19-11/h3-4,10H,2,5-8,12H2,1H3. The predicted octanol–water partition coefficient (Wildman–Crippen LogP) is 0.705. The maximum Gasteiger partial charge on any atom is 0.253 e. The van der Waals surface area contributed by atoms with Crippen LogP contribution in [0.3, 0.4) is 0 Å². The van der Waals surface area contributed by atoms with Crippen LogP contribution in [0, 0.1) is 0 Å². The Labute approximate surface area is 133 Å². The van der Waals surface area contributed by atoms with E-state index in [-0.39, 0.29) is 28.8 Å². The predicted molar refractivity (Wildman–Crippen MR) is 86.7 cm³/mol. The minimum absolute atomic E-state index is 0.0667. The Morgan fingerprint density at radius 1 is 1.33 bits per heavy atom. The molecule has 2 N–H and O–H groups in total. The second-order valence-corrected chi connectivity index (χ2v) is 11.4. The highest BCUT2D eigenvalue weighted by Crippen LogP contribution is 2.31. The van der Waals surface area contributed by atoms with Crippen molar-refractivity contribution in [1.82, 2.24) is 4.31 Å². The van der Waals surface area contributed by atoms with Gasteiger partial charge in [-0.15, -0.1) is 11.3 Å². The largest absolute Gasteiger partial charge is 0.326 e. The lowest BCUT2D eigenvalue weighted by molar-refractivity contribution is 0.405. The molecule has 1 aromatic rings. The summed E-state index contributed by atoms with van der Waals surface area (Å²) in [5.74, 6) is 0.817. The first kappa shape index (κ1) is 17.2. The van der Waals surface area contributed by atoms with Crippen molar-refractivity contribution in [2.45, 2.75) is 23.1 Å². The van der Waals surface area contributed by atoms with Gasteiger partial charge in [0, 0.05) is 35.2 Å². The molecule has 0 aromatic carbocycles. The lowest BCUT2D eigenvalue weighted by atomic mass is 10.5. The van der Waals surface area contributed by atoms with Crippen molar-refractivity contribution >= 4 is 43.0 Å². The molecule has 2 heterocycles. The van der Waals surface area contributed by atoms with Crippen molar-refractivity contribution in [2.24, 2.45) is 5.73 Å². The van der Waals surface area contributed by atoms with Gasteiger partial charge in [-0.05, 0) is 12.1 Å². The summed E-state index contributed by atoms with van der Waals surface area (Å²) in [7, 11) is -7.24. The van der Waals surface area contributed by atoms with Crippen LogP contribution in [0.25, 0.3) is 0 Å². The molecule has 1 aromatic heterocycles. The number of thioether (sulfide) groups is 1. The Bertz CT molecular complexity index is 696. The van der Waals surface area contributed by atoms with Crippen molar-refractivity contribution < 1.29 is 16.8 Å². The molecule has 1 aliphatic heterocycles. The molecule has 1 saturated heterocycles. The number of hydrogen-bond acceptors (Lipinski definition) is 7. The summed E-state index contributed by atoms with van der Waals surface area (Å²) in [6.07, 6.45) is 0. The zero-order chi connectivity index (χ0) is 15.7. The second kappa shape index (κ2) is 6.55. The molecule has 0 radical (unpaired) electrons. The van der Waals surface area contributed by atoms with Gasteiger partial charge in [0.2, 0.25) is 0 Å². The molecule has 0 amide bonds. The highest BCUT2D eigenvalue weighted by Gasteiger charge is 2.41. The van der Waals surface area contributed by atoms with E-state index >= 15 is 0 Å². The zero-order valence-electron chi connectivity index (χ0n) is 11.6. The summed E-state index contributed by atoms with van der Waals surface area (Å²) in [5.41, 5.74) is 5.51. The minimum Gasteiger partial charge on any atom is -0.326 e. The smallest absolute Gasteiger partial charge is 0.253 e. The maximum atomic E-state index is 12.7. The Hall–Kier alpha value is -0.130. The zero-order valence-corrected chi connectivity index (χ0v) is 14.8. The third-order valence-electron chi connectivity index (χ3n) is 3.26. The van der Waals surface area contributed by atoms with Crippen LogP contribution in [0.1, 0.15) is 11.8 Å². The van der Waals surface area contributed by atoms with Crippen LogP contribution in [-0.4, -0.2) is 50.3 Å². The number of sulfone groups is 1. The summed E-state index contributed by atoms with van der Waals surface area (Å²) in [6, 6.07) is 3.17. The topological polar surface area (TPSA) is 97.5 Å². The Balaban J connectivity index is 2.40.